The number of carbonyl (C=O) groups is 1. The van der Waals surface area contributed by atoms with Crippen molar-refractivity contribution in [2.45, 2.75) is 29.6 Å². The van der Waals surface area contributed by atoms with Gasteiger partial charge in [0.25, 0.3) is 0 Å². The van der Waals surface area contributed by atoms with Gasteiger partial charge in [0, 0.05) is 0 Å². The number of rotatable bonds is 4. The highest BCUT2D eigenvalue weighted by Crippen LogP contribution is 2.45. The number of ether oxygens (including phenoxy) is 1. The van der Waals surface area contributed by atoms with E-state index in [1.165, 1.54) is 11.0 Å². The molecule has 31 heavy (non-hydrogen) atoms. The Morgan fingerprint density at radius 2 is 2.06 bits per heavy atom. The minimum absolute atomic E-state index is 0.0743. The van der Waals surface area contributed by atoms with E-state index in [9.17, 15) is 20.1 Å². The van der Waals surface area contributed by atoms with E-state index < -0.39 is 42.2 Å². The van der Waals surface area contributed by atoms with Gasteiger partial charge in [0.05, 0.1) is 18.7 Å². The van der Waals surface area contributed by atoms with Crippen LogP contribution < -0.4 is 27.2 Å². The molecule has 1 aromatic carbocycles. The average Bonchev–Trinajstić information content (AvgIpc) is 3.19. The summed E-state index contributed by atoms with van der Waals surface area (Å²) >= 11 is 0. The number of nitrogens with zero attached hydrogens (tertiary/aromatic N) is 3. The smallest absolute Gasteiger partial charge is 0.339 e. The fraction of sp³-hybridized carbons (Fsp3) is 0.350. The van der Waals surface area contributed by atoms with Crippen LogP contribution in [0.5, 0.6) is 0 Å². The quantitative estimate of drug-likeness (QED) is 0.206. The Hall–Kier alpha value is -3.41. The molecule has 164 valence electrons. The van der Waals surface area contributed by atoms with Crippen LogP contribution in [0.4, 0.5) is 0 Å². The van der Waals surface area contributed by atoms with Crippen molar-refractivity contribution in [3.8, 4) is 0 Å². The van der Waals surface area contributed by atoms with Crippen LogP contribution in [0, 0.1) is 0 Å². The second-order valence-electron chi connectivity index (χ2n) is 7.59. The third-order valence-corrected chi connectivity index (χ3v) is 5.92. The van der Waals surface area contributed by atoms with E-state index in [1.54, 1.807) is 24.3 Å². The zero-order valence-corrected chi connectivity index (χ0v) is 16.6. The first-order valence-corrected chi connectivity index (χ1v) is 9.57. The second-order valence-corrected chi connectivity index (χ2v) is 7.59. The third-order valence-electron chi connectivity index (χ3n) is 5.92. The van der Waals surface area contributed by atoms with Gasteiger partial charge in [0.15, 0.2) is 23.7 Å². The number of carbonyl (C=O) groups excluding carboxylic acids is 1. The Morgan fingerprint density at radius 1 is 1.35 bits per heavy atom. The number of hydrogen-bond acceptors (Lipinski definition) is 11. The van der Waals surface area contributed by atoms with Gasteiger partial charge in [0.2, 0.25) is 5.79 Å². The van der Waals surface area contributed by atoms with Crippen LogP contribution in [0.15, 0.2) is 46.9 Å². The molecule has 4 rings (SSSR count). The molecule has 1 saturated heterocycles. The number of benzene rings is 1. The van der Waals surface area contributed by atoms with Crippen LogP contribution in [0.1, 0.15) is 0 Å². The number of aliphatic hydroxyl groups excluding tert-OH is 1. The monoisotopic (exact) mass is 428 g/mol. The topological polar surface area (TPSA) is 179 Å². The Labute approximate surface area is 177 Å². The van der Waals surface area contributed by atoms with Gasteiger partial charge in [-0.2, -0.15) is 0 Å². The van der Waals surface area contributed by atoms with Crippen molar-refractivity contribution in [1.29, 1.82) is 0 Å². The van der Waals surface area contributed by atoms with Gasteiger partial charge >= 0.3 is 5.97 Å². The maximum absolute atomic E-state index is 13.0. The molecule has 3 heterocycles. The van der Waals surface area contributed by atoms with Gasteiger partial charge in [-0.25, -0.2) is 14.8 Å². The summed E-state index contributed by atoms with van der Waals surface area (Å²) in [6.45, 7) is 6.90. The first-order chi connectivity index (χ1) is 14.7. The maximum Gasteiger partial charge on any atom is 0.339 e. The fourth-order valence-corrected chi connectivity index (χ4v) is 4.45. The first-order valence-electron chi connectivity index (χ1n) is 9.57. The second kappa shape index (κ2) is 7.08. The molecule has 11 heteroatoms. The number of aliphatic imine (C=N–C) groups is 2. The summed E-state index contributed by atoms with van der Waals surface area (Å²) in [4.78, 5) is 22.7. The Balaban J connectivity index is 1.73. The largest absolute Gasteiger partial charge is 0.451 e. The van der Waals surface area contributed by atoms with Gasteiger partial charge in [-0.3, -0.25) is 0 Å². The van der Waals surface area contributed by atoms with E-state index in [0.29, 0.717) is 10.4 Å². The molecular formula is C20H24N6O5. The van der Waals surface area contributed by atoms with Gasteiger partial charge in [0.1, 0.15) is 12.1 Å². The van der Waals surface area contributed by atoms with Crippen molar-refractivity contribution in [2.75, 3.05) is 13.2 Å². The molecule has 1 spiro atoms. The summed E-state index contributed by atoms with van der Waals surface area (Å²) in [6, 6.07) is 5.06. The molecular weight excluding hydrogens is 404 g/mol. The van der Waals surface area contributed by atoms with E-state index >= 15 is 0 Å². The minimum atomic E-state index is -2.68. The number of nitrogens with one attached hydrogen (secondary N) is 1. The molecule has 0 amide bonds. The van der Waals surface area contributed by atoms with Crippen LogP contribution in [0.25, 0.3) is 12.2 Å². The summed E-state index contributed by atoms with van der Waals surface area (Å²) in [5.74, 6) is -3.66. The molecule has 3 aliphatic rings. The molecule has 1 unspecified atom stereocenters. The lowest BCUT2D eigenvalue weighted by Crippen LogP contribution is -2.77. The van der Waals surface area contributed by atoms with Gasteiger partial charge in [-0.15, -0.1) is 0 Å². The highest BCUT2D eigenvalue weighted by atomic mass is 16.6. The maximum atomic E-state index is 13.0. The summed E-state index contributed by atoms with van der Waals surface area (Å²) in [6.07, 6.45) is -0.132. The van der Waals surface area contributed by atoms with Gasteiger partial charge < -0.3 is 41.7 Å². The number of esters is 1. The minimum Gasteiger partial charge on any atom is -0.451 e. The van der Waals surface area contributed by atoms with Crippen molar-refractivity contribution in [1.82, 2.24) is 10.2 Å². The number of aliphatic hydroxyl groups is 3. The zero-order valence-electron chi connectivity index (χ0n) is 16.6. The lowest BCUT2D eigenvalue weighted by Gasteiger charge is -2.48. The number of nitrogens with two attached hydrogens (primary N) is 2. The van der Waals surface area contributed by atoms with Gasteiger partial charge in [-0.05, 0) is 10.4 Å². The Bertz CT molecular complexity index is 1120. The molecule has 1 fully saturated rings. The predicted octanol–water partition coefficient (Wildman–Crippen LogP) is -3.99. The molecule has 0 saturated carbocycles. The van der Waals surface area contributed by atoms with Crippen LogP contribution in [0.2, 0.25) is 0 Å². The molecule has 3 aliphatic heterocycles. The van der Waals surface area contributed by atoms with Crippen molar-refractivity contribution >= 4 is 30.0 Å². The molecule has 4 atom stereocenters. The van der Waals surface area contributed by atoms with Crippen LogP contribution in [-0.2, 0) is 9.53 Å². The van der Waals surface area contributed by atoms with Crippen molar-refractivity contribution in [3.63, 3.8) is 0 Å². The summed E-state index contributed by atoms with van der Waals surface area (Å²) < 4.78 is 5.51. The van der Waals surface area contributed by atoms with E-state index in [1.807, 2.05) is 0 Å². The van der Waals surface area contributed by atoms with Crippen molar-refractivity contribution in [2.24, 2.45) is 21.5 Å². The van der Waals surface area contributed by atoms with Crippen molar-refractivity contribution in [3.05, 3.63) is 47.4 Å². The van der Waals surface area contributed by atoms with Crippen LogP contribution >= 0.6 is 0 Å². The van der Waals surface area contributed by atoms with E-state index in [2.05, 4.69) is 28.5 Å². The van der Waals surface area contributed by atoms with Crippen LogP contribution in [0.3, 0.4) is 0 Å². The molecule has 11 nitrogen and oxygen atoms in total. The SMILES string of the molecule is C=C/C(C(=O)O[C@H]1CN2C(N)=N[C@@H](CO)C3N=C(N)N[C@@]32C1(O)O)=c1/ccccc1=C. The molecule has 0 aromatic heterocycles. The lowest BCUT2D eigenvalue weighted by molar-refractivity contribution is -0.261. The summed E-state index contributed by atoms with van der Waals surface area (Å²) in [5, 5.41) is 35.9. The first kappa shape index (κ1) is 20.8. The van der Waals surface area contributed by atoms with E-state index in [0.717, 1.165) is 0 Å². The predicted molar refractivity (Wildman–Crippen MR) is 112 cm³/mol. The standard InChI is InChI=1S/C20H24N6O5/c1-3-11(12-7-5-4-6-10(12)2)16(28)31-14-8-26-18(22)23-13(9-27)15-19(26,20(14,29)30)25-17(21)24-15/h3-7,13-15,27,29-30H,1-2,8-9H2,(H2,22,23)(H3,21,24,25)/b12-11+/t13-,14-,15?,19-/m0/s1. The average molecular weight is 428 g/mol. The Morgan fingerprint density at radius 3 is 2.71 bits per heavy atom. The van der Waals surface area contributed by atoms with E-state index in [4.69, 9.17) is 16.2 Å². The molecule has 0 aliphatic carbocycles. The number of guanidine groups is 2. The molecule has 0 bridgehead atoms. The zero-order chi connectivity index (χ0) is 22.6. The van der Waals surface area contributed by atoms with Crippen LogP contribution in [-0.4, -0.2) is 80.9 Å². The molecule has 0 radical (unpaired) electrons. The highest BCUT2D eigenvalue weighted by molar-refractivity contribution is 6.13. The summed E-state index contributed by atoms with van der Waals surface area (Å²) in [5.41, 5.74) is 10.2. The van der Waals surface area contributed by atoms with Gasteiger partial charge in [-0.1, -0.05) is 43.5 Å². The lowest BCUT2D eigenvalue weighted by atomic mass is 9.86. The van der Waals surface area contributed by atoms with Crippen molar-refractivity contribution < 1.29 is 24.9 Å². The normalized spacial score (nSPS) is 31.6. The number of hydrogen-bond donors (Lipinski definition) is 6. The molecule has 8 N–H and O–H groups in total. The van der Waals surface area contributed by atoms with E-state index in [-0.39, 0.29) is 24.0 Å². The molecule has 1 aromatic rings. The highest BCUT2D eigenvalue weighted by Gasteiger charge is 2.74. The Kier molecular flexibility index (Phi) is 4.76. The fourth-order valence-electron chi connectivity index (χ4n) is 4.45. The summed E-state index contributed by atoms with van der Waals surface area (Å²) in [7, 11) is 0. The third kappa shape index (κ3) is 2.81.